The molecule has 0 unspecified atom stereocenters. The summed E-state index contributed by atoms with van der Waals surface area (Å²) in [7, 11) is 0. The molecular weight excluding hydrogens is 523 g/mol. The van der Waals surface area contributed by atoms with Crippen LogP contribution in [-0.2, 0) is 11.2 Å². The maximum atomic E-state index is 14.5. The molecule has 0 spiro atoms. The van der Waals surface area contributed by atoms with Gasteiger partial charge in [-0.15, -0.1) is 12.4 Å². The van der Waals surface area contributed by atoms with Crippen molar-refractivity contribution in [3.05, 3.63) is 101 Å². The second-order valence-electron chi connectivity index (χ2n) is 9.19. The molecule has 10 heteroatoms. The van der Waals surface area contributed by atoms with E-state index in [1.54, 1.807) is 28.4 Å². The fraction of sp³-hybridized carbons (Fsp3) is 0.207. The SMILES string of the molecule is Cc1c(F)cccc1Cc1c(-c2ccccc2)c2ccc(C(=O)OC(N)=O)cn2c1C(=O)N1CCNCC1.Cl. The summed E-state index contributed by atoms with van der Waals surface area (Å²) in [5.41, 5.74) is 9.83. The first-order chi connectivity index (χ1) is 18.3. The number of fused-ring (bicyclic) bond motifs is 1. The van der Waals surface area contributed by atoms with Crippen molar-refractivity contribution in [2.45, 2.75) is 13.3 Å². The van der Waals surface area contributed by atoms with Gasteiger partial charge >= 0.3 is 12.1 Å². The third-order valence-corrected chi connectivity index (χ3v) is 6.88. The van der Waals surface area contributed by atoms with Crippen molar-refractivity contribution in [2.24, 2.45) is 5.73 Å². The summed E-state index contributed by atoms with van der Waals surface area (Å²) in [6, 6.07) is 17.8. The zero-order valence-electron chi connectivity index (χ0n) is 21.3. The van der Waals surface area contributed by atoms with Gasteiger partial charge in [-0.3, -0.25) is 4.79 Å². The Morgan fingerprint density at radius 2 is 1.72 bits per heavy atom. The van der Waals surface area contributed by atoms with Crippen LogP contribution in [0.4, 0.5) is 9.18 Å². The molecule has 0 aliphatic carbocycles. The van der Waals surface area contributed by atoms with Crippen molar-refractivity contribution in [2.75, 3.05) is 26.2 Å². The number of rotatable bonds is 5. The van der Waals surface area contributed by atoms with E-state index < -0.39 is 12.1 Å². The molecule has 2 aromatic heterocycles. The second-order valence-corrected chi connectivity index (χ2v) is 9.19. The smallest absolute Gasteiger partial charge is 0.373 e. The Hall–Kier alpha value is -4.21. The van der Waals surface area contributed by atoms with Gasteiger partial charge in [0.1, 0.15) is 11.5 Å². The van der Waals surface area contributed by atoms with E-state index in [1.807, 2.05) is 36.4 Å². The van der Waals surface area contributed by atoms with Crippen LogP contribution < -0.4 is 11.1 Å². The highest BCUT2D eigenvalue weighted by Crippen LogP contribution is 2.37. The zero-order chi connectivity index (χ0) is 26.8. The molecule has 39 heavy (non-hydrogen) atoms. The fourth-order valence-electron chi connectivity index (χ4n) is 4.96. The third kappa shape index (κ3) is 5.50. The highest BCUT2D eigenvalue weighted by atomic mass is 35.5. The first-order valence-electron chi connectivity index (χ1n) is 12.3. The van der Waals surface area contributed by atoms with Gasteiger partial charge in [-0.2, -0.15) is 0 Å². The molecule has 1 saturated heterocycles. The lowest BCUT2D eigenvalue weighted by atomic mass is 9.93. The van der Waals surface area contributed by atoms with E-state index >= 15 is 0 Å². The van der Waals surface area contributed by atoms with Crippen LogP contribution in [0.1, 0.15) is 37.5 Å². The highest BCUT2D eigenvalue weighted by molar-refractivity contribution is 6.02. The molecule has 3 heterocycles. The van der Waals surface area contributed by atoms with Crippen LogP contribution in [0.25, 0.3) is 16.6 Å². The van der Waals surface area contributed by atoms with Crippen molar-refractivity contribution in [3.8, 4) is 11.1 Å². The summed E-state index contributed by atoms with van der Waals surface area (Å²) in [6.45, 7) is 4.09. The Morgan fingerprint density at radius 1 is 1.00 bits per heavy atom. The summed E-state index contributed by atoms with van der Waals surface area (Å²) in [6.07, 6.45) is 0.570. The lowest BCUT2D eigenvalue weighted by Gasteiger charge is -2.28. The number of carbonyl (C=O) groups is 3. The number of nitrogens with zero attached hydrogens (tertiary/aromatic N) is 2. The number of piperazine rings is 1. The minimum Gasteiger partial charge on any atom is -0.373 e. The van der Waals surface area contributed by atoms with Crippen LogP contribution in [0, 0.1) is 12.7 Å². The number of primary amides is 1. The number of nitrogens with one attached hydrogen (secondary N) is 1. The van der Waals surface area contributed by atoms with Gasteiger partial charge in [0.05, 0.1) is 11.1 Å². The van der Waals surface area contributed by atoms with Crippen molar-refractivity contribution in [1.82, 2.24) is 14.6 Å². The van der Waals surface area contributed by atoms with Crippen molar-refractivity contribution < 1.29 is 23.5 Å². The third-order valence-electron chi connectivity index (χ3n) is 6.88. The number of carbonyl (C=O) groups excluding carboxylic acids is 3. The van der Waals surface area contributed by atoms with Crippen LogP contribution >= 0.6 is 12.4 Å². The van der Waals surface area contributed by atoms with Gasteiger partial charge in [0, 0.05) is 44.4 Å². The Bertz CT molecular complexity index is 1550. The standard InChI is InChI=1S/C29H27FN4O4.ClH/c1-18-20(8-5-9-23(18)30)16-22-25(19-6-3-2-4-7-19)24-11-10-21(28(36)38-29(31)37)17-34(24)26(22)27(35)33-14-12-32-13-15-33;/h2-11,17,32H,12-16H2,1H3,(H2,31,37);1H. The molecule has 0 saturated carbocycles. The number of nitrogens with two attached hydrogens (primary N) is 1. The van der Waals surface area contributed by atoms with Crippen LogP contribution in [0.2, 0.25) is 0 Å². The number of ether oxygens (including phenoxy) is 1. The molecule has 1 aliphatic rings. The predicted octanol–water partition coefficient (Wildman–Crippen LogP) is 4.35. The molecule has 3 N–H and O–H groups in total. The molecule has 2 aromatic carbocycles. The van der Waals surface area contributed by atoms with Gasteiger partial charge in [0.25, 0.3) is 5.91 Å². The number of benzene rings is 2. The summed E-state index contributed by atoms with van der Waals surface area (Å²) < 4.78 is 20.8. The number of amides is 2. The van der Waals surface area contributed by atoms with E-state index in [2.05, 4.69) is 10.1 Å². The highest BCUT2D eigenvalue weighted by Gasteiger charge is 2.29. The van der Waals surface area contributed by atoms with Crippen LogP contribution in [0.3, 0.4) is 0 Å². The van der Waals surface area contributed by atoms with E-state index in [1.165, 1.54) is 18.3 Å². The van der Waals surface area contributed by atoms with E-state index in [-0.39, 0.29) is 29.7 Å². The van der Waals surface area contributed by atoms with Gasteiger partial charge in [0.2, 0.25) is 0 Å². The molecule has 0 atom stereocenters. The first-order valence-corrected chi connectivity index (χ1v) is 12.3. The minimum absolute atomic E-state index is 0. The van der Waals surface area contributed by atoms with E-state index in [4.69, 9.17) is 5.73 Å². The quantitative estimate of drug-likeness (QED) is 0.284. The van der Waals surface area contributed by atoms with Crippen molar-refractivity contribution >= 4 is 35.9 Å². The first kappa shape index (κ1) is 27.8. The monoisotopic (exact) mass is 550 g/mol. The zero-order valence-corrected chi connectivity index (χ0v) is 22.1. The normalized spacial score (nSPS) is 13.1. The van der Waals surface area contributed by atoms with E-state index in [9.17, 15) is 18.8 Å². The number of esters is 1. The molecule has 4 aromatic rings. The maximum Gasteiger partial charge on any atom is 0.412 e. The van der Waals surface area contributed by atoms with Gasteiger partial charge in [-0.05, 0) is 47.4 Å². The largest absolute Gasteiger partial charge is 0.412 e. The minimum atomic E-state index is -1.22. The molecule has 1 fully saturated rings. The molecule has 0 bridgehead atoms. The number of hydrogen-bond donors (Lipinski definition) is 2. The predicted molar refractivity (Wildman–Crippen MR) is 148 cm³/mol. The van der Waals surface area contributed by atoms with Crippen molar-refractivity contribution in [1.29, 1.82) is 0 Å². The van der Waals surface area contributed by atoms with E-state index in [0.29, 0.717) is 54.9 Å². The Labute approximate surface area is 231 Å². The number of hydrogen-bond acceptors (Lipinski definition) is 5. The lowest BCUT2D eigenvalue weighted by molar-refractivity contribution is 0.0635. The van der Waals surface area contributed by atoms with Crippen LogP contribution in [-0.4, -0.2) is 53.4 Å². The fourth-order valence-corrected chi connectivity index (χ4v) is 4.96. The summed E-state index contributed by atoms with van der Waals surface area (Å²) in [4.78, 5) is 39.6. The summed E-state index contributed by atoms with van der Waals surface area (Å²) >= 11 is 0. The van der Waals surface area contributed by atoms with E-state index in [0.717, 1.165) is 16.7 Å². The molecule has 2 amide bonds. The molecular formula is C29H28ClFN4O4. The topological polar surface area (TPSA) is 106 Å². The molecule has 8 nitrogen and oxygen atoms in total. The Balaban J connectivity index is 0.00000353. The number of halogens is 2. The van der Waals surface area contributed by atoms with Gasteiger partial charge in [-0.1, -0.05) is 42.5 Å². The lowest BCUT2D eigenvalue weighted by Crippen LogP contribution is -2.46. The van der Waals surface area contributed by atoms with Gasteiger partial charge < -0.3 is 25.1 Å². The van der Waals surface area contributed by atoms with Gasteiger partial charge in [-0.25, -0.2) is 14.0 Å². The van der Waals surface area contributed by atoms with Crippen LogP contribution in [0.15, 0.2) is 66.9 Å². The second kappa shape index (κ2) is 11.7. The maximum absolute atomic E-state index is 14.5. The summed E-state index contributed by atoms with van der Waals surface area (Å²) in [5.74, 6) is -1.44. The average molecular weight is 551 g/mol. The number of pyridine rings is 1. The van der Waals surface area contributed by atoms with Crippen molar-refractivity contribution in [3.63, 3.8) is 0 Å². The number of aromatic nitrogens is 1. The molecule has 5 rings (SSSR count). The molecule has 0 radical (unpaired) electrons. The van der Waals surface area contributed by atoms with Gasteiger partial charge in [0.15, 0.2) is 0 Å². The van der Waals surface area contributed by atoms with Crippen LogP contribution in [0.5, 0.6) is 0 Å². The molecule has 1 aliphatic heterocycles. The average Bonchev–Trinajstić information content (AvgIpc) is 3.24. The Morgan fingerprint density at radius 3 is 2.41 bits per heavy atom. The summed E-state index contributed by atoms with van der Waals surface area (Å²) in [5, 5.41) is 3.25. The molecule has 202 valence electrons. The Kier molecular flexibility index (Phi) is 8.32.